The number of nitrogens with one attached hydrogen (secondary N) is 2. The number of carbonyl (C=O) groups excluding carboxylic acids is 2. The van der Waals surface area contributed by atoms with E-state index >= 15 is 0 Å². The van der Waals surface area contributed by atoms with Crippen LogP contribution in [0.25, 0.3) is 11.3 Å². The first-order chi connectivity index (χ1) is 12.2. The van der Waals surface area contributed by atoms with E-state index in [1.165, 1.54) is 0 Å². The molecule has 1 saturated heterocycles. The van der Waals surface area contributed by atoms with Gasteiger partial charge in [0.2, 0.25) is 18.6 Å². The van der Waals surface area contributed by atoms with E-state index in [-0.39, 0.29) is 31.1 Å². The third-order valence-corrected chi connectivity index (χ3v) is 4.30. The Balaban J connectivity index is 1.37. The van der Waals surface area contributed by atoms with Gasteiger partial charge >= 0.3 is 0 Å². The lowest BCUT2D eigenvalue weighted by Gasteiger charge is -2.21. The minimum atomic E-state index is -0.196. The highest BCUT2D eigenvalue weighted by molar-refractivity contribution is 5.83. The maximum atomic E-state index is 12.1. The molecule has 4 rings (SSSR count). The molecule has 0 radical (unpaired) electrons. The van der Waals surface area contributed by atoms with Gasteiger partial charge in [0, 0.05) is 24.6 Å². The Morgan fingerprint density at radius 2 is 2.16 bits per heavy atom. The first-order valence-electron chi connectivity index (χ1n) is 8.09. The summed E-state index contributed by atoms with van der Waals surface area (Å²) >= 11 is 0. The minimum Gasteiger partial charge on any atom is -0.454 e. The molecule has 2 aromatic rings. The van der Waals surface area contributed by atoms with Crippen molar-refractivity contribution in [3.63, 3.8) is 0 Å². The molecule has 3 heterocycles. The number of hydrogen-bond donors (Lipinski definition) is 2. The summed E-state index contributed by atoms with van der Waals surface area (Å²) < 4.78 is 16.0. The predicted octanol–water partition coefficient (Wildman–Crippen LogP) is 1.21. The van der Waals surface area contributed by atoms with E-state index in [2.05, 4.69) is 15.8 Å². The van der Waals surface area contributed by atoms with Crippen LogP contribution in [-0.2, 0) is 16.1 Å². The van der Waals surface area contributed by atoms with Gasteiger partial charge in [0.15, 0.2) is 17.3 Å². The number of nitrogens with zero attached hydrogens (tertiary/aromatic N) is 1. The highest BCUT2D eigenvalue weighted by atomic mass is 16.7. The molecule has 1 aromatic heterocycles. The second-order valence-electron chi connectivity index (χ2n) is 6.01. The van der Waals surface area contributed by atoms with Gasteiger partial charge in [-0.2, -0.15) is 0 Å². The van der Waals surface area contributed by atoms with E-state index < -0.39 is 0 Å². The Labute approximate surface area is 143 Å². The number of ether oxygens (including phenoxy) is 2. The second-order valence-corrected chi connectivity index (χ2v) is 6.01. The molecule has 0 bridgehead atoms. The number of aromatic nitrogens is 1. The Bertz CT molecular complexity index is 806. The van der Waals surface area contributed by atoms with E-state index in [0.29, 0.717) is 42.3 Å². The molecule has 130 valence electrons. The van der Waals surface area contributed by atoms with Crippen molar-refractivity contribution in [2.24, 2.45) is 5.92 Å². The topological polar surface area (TPSA) is 103 Å². The maximum Gasteiger partial charge on any atom is 0.231 e. The lowest BCUT2D eigenvalue weighted by Crippen LogP contribution is -2.42. The summed E-state index contributed by atoms with van der Waals surface area (Å²) in [5.41, 5.74) is 1.45. The highest BCUT2D eigenvalue weighted by Gasteiger charge is 2.24. The van der Waals surface area contributed by atoms with Gasteiger partial charge < -0.3 is 24.6 Å². The van der Waals surface area contributed by atoms with Crippen LogP contribution in [0.5, 0.6) is 11.5 Å². The number of benzene rings is 1. The number of amides is 2. The maximum absolute atomic E-state index is 12.1. The number of carbonyl (C=O) groups is 2. The van der Waals surface area contributed by atoms with Gasteiger partial charge in [0.1, 0.15) is 5.69 Å². The lowest BCUT2D eigenvalue weighted by molar-refractivity contribution is -0.129. The average Bonchev–Trinajstić information content (AvgIpc) is 3.28. The molecule has 1 aromatic carbocycles. The zero-order valence-corrected chi connectivity index (χ0v) is 13.4. The van der Waals surface area contributed by atoms with E-state index in [1.54, 1.807) is 6.07 Å². The largest absolute Gasteiger partial charge is 0.454 e. The molecule has 8 nitrogen and oxygen atoms in total. The summed E-state index contributed by atoms with van der Waals surface area (Å²) in [4.78, 5) is 23.3. The molecule has 2 amide bonds. The van der Waals surface area contributed by atoms with Crippen molar-refractivity contribution in [3.05, 3.63) is 30.0 Å². The highest BCUT2D eigenvalue weighted by Crippen LogP contribution is 2.35. The molecular weight excluding hydrogens is 326 g/mol. The van der Waals surface area contributed by atoms with Gasteiger partial charge in [-0.3, -0.25) is 9.59 Å². The fourth-order valence-corrected chi connectivity index (χ4v) is 2.86. The van der Waals surface area contributed by atoms with E-state index in [4.69, 9.17) is 14.0 Å². The minimum absolute atomic E-state index is 0.00563. The molecule has 1 atom stereocenters. The fraction of sp³-hybridized carbons (Fsp3) is 0.353. The molecule has 2 aliphatic rings. The number of fused-ring (bicyclic) bond motifs is 1. The van der Waals surface area contributed by atoms with Crippen LogP contribution in [0.2, 0.25) is 0 Å². The molecule has 0 spiro atoms. The average molecular weight is 343 g/mol. The molecule has 25 heavy (non-hydrogen) atoms. The van der Waals surface area contributed by atoms with Crippen molar-refractivity contribution < 1.29 is 23.6 Å². The van der Waals surface area contributed by atoms with Crippen LogP contribution < -0.4 is 20.1 Å². The summed E-state index contributed by atoms with van der Waals surface area (Å²) in [5, 5.41) is 9.52. The Morgan fingerprint density at radius 3 is 3.00 bits per heavy atom. The van der Waals surface area contributed by atoms with Crippen molar-refractivity contribution in [1.29, 1.82) is 0 Å². The van der Waals surface area contributed by atoms with Crippen LogP contribution in [-0.4, -0.2) is 30.3 Å². The molecule has 2 N–H and O–H groups in total. The number of hydrogen-bond acceptors (Lipinski definition) is 6. The van der Waals surface area contributed by atoms with Gasteiger partial charge in [-0.05, 0) is 24.6 Å². The van der Waals surface area contributed by atoms with Crippen LogP contribution in [0.15, 0.2) is 28.8 Å². The van der Waals surface area contributed by atoms with E-state index in [9.17, 15) is 9.59 Å². The van der Waals surface area contributed by atoms with Gasteiger partial charge in [-0.25, -0.2) is 0 Å². The zero-order valence-electron chi connectivity index (χ0n) is 13.4. The van der Waals surface area contributed by atoms with Crippen LogP contribution in [0, 0.1) is 5.92 Å². The van der Waals surface area contributed by atoms with E-state index in [0.717, 1.165) is 5.56 Å². The van der Waals surface area contributed by atoms with Crippen LogP contribution in [0.1, 0.15) is 18.5 Å². The first kappa shape index (κ1) is 15.5. The zero-order chi connectivity index (χ0) is 17.2. The van der Waals surface area contributed by atoms with Gasteiger partial charge in [0.25, 0.3) is 0 Å². The summed E-state index contributed by atoms with van der Waals surface area (Å²) in [5.74, 6) is 1.67. The molecule has 1 fully saturated rings. The van der Waals surface area contributed by atoms with Crippen molar-refractivity contribution in [2.45, 2.75) is 19.4 Å². The lowest BCUT2D eigenvalue weighted by atomic mass is 9.98. The van der Waals surface area contributed by atoms with Crippen molar-refractivity contribution >= 4 is 11.8 Å². The number of rotatable bonds is 4. The smallest absolute Gasteiger partial charge is 0.231 e. The molecule has 2 aliphatic heterocycles. The molecule has 1 unspecified atom stereocenters. The standard InChI is InChI=1S/C17H17N3O5/c21-16-4-2-11(7-18-16)17(22)19-8-12-6-14(25-20-12)10-1-3-13-15(5-10)24-9-23-13/h1,3,5-6,11H,2,4,7-9H2,(H,18,21)(H,19,22). The Kier molecular flexibility index (Phi) is 4.01. The Morgan fingerprint density at radius 1 is 1.28 bits per heavy atom. The van der Waals surface area contributed by atoms with Crippen molar-refractivity contribution in [1.82, 2.24) is 15.8 Å². The van der Waals surface area contributed by atoms with Crippen LogP contribution >= 0.6 is 0 Å². The fourth-order valence-electron chi connectivity index (χ4n) is 2.86. The van der Waals surface area contributed by atoms with Gasteiger partial charge in [0.05, 0.1) is 12.5 Å². The molecule has 0 saturated carbocycles. The normalized spacial score (nSPS) is 18.7. The summed E-state index contributed by atoms with van der Waals surface area (Å²) in [6.07, 6.45) is 0.954. The van der Waals surface area contributed by atoms with E-state index in [1.807, 2.05) is 18.2 Å². The third-order valence-electron chi connectivity index (χ3n) is 4.30. The van der Waals surface area contributed by atoms with Crippen molar-refractivity contribution in [2.75, 3.05) is 13.3 Å². The molecule has 0 aliphatic carbocycles. The van der Waals surface area contributed by atoms with Crippen LogP contribution in [0.3, 0.4) is 0 Å². The Hall–Kier alpha value is -3.03. The van der Waals surface area contributed by atoms with Crippen molar-refractivity contribution in [3.8, 4) is 22.8 Å². The summed E-state index contributed by atoms with van der Waals surface area (Å²) in [7, 11) is 0. The summed E-state index contributed by atoms with van der Waals surface area (Å²) in [6, 6.07) is 7.29. The molecular formula is C17H17N3O5. The quantitative estimate of drug-likeness (QED) is 0.865. The first-order valence-corrected chi connectivity index (χ1v) is 8.09. The van der Waals surface area contributed by atoms with Crippen LogP contribution in [0.4, 0.5) is 0 Å². The summed E-state index contributed by atoms with van der Waals surface area (Å²) in [6.45, 7) is 0.872. The third kappa shape index (κ3) is 3.28. The number of piperidine rings is 1. The van der Waals surface area contributed by atoms with Gasteiger partial charge in [-0.1, -0.05) is 5.16 Å². The molecule has 8 heteroatoms. The van der Waals surface area contributed by atoms with Gasteiger partial charge in [-0.15, -0.1) is 0 Å². The SMILES string of the molecule is O=C1CCC(C(=O)NCc2cc(-c3ccc4c(c3)OCO4)on2)CN1. The monoisotopic (exact) mass is 343 g/mol. The predicted molar refractivity (Wildman–Crippen MR) is 85.6 cm³/mol. The second kappa shape index (κ2) is 6.46.